The largest absolute Gasteiger partial charge is 0.380 e. The molecule has 0 spiro atoms. The van der Waals surface area contributed by atoms with E-state index in [-0.39, 0.29) is 0 Å². The van der Waals surface area contributed by atoms with Crippen molar-refractivity contribution in [3.05, 3.63) is 66.7 Å². The molecule has 0 bridgehead atoms. The van der Waals surface area contributed by atoms with Crippen LogP contribution < -0.4 is 5.32 Å². The van der Waals surface area contributed by atoms with Gasteiger partial charge in [0, 0.05) is 17.1 Å². The van der Waals surface area contributed by atoms with E-state index in [1.165, 1.54) is 16.1 Å². The first-order valence-corrected chi connectivity index (χ1v) is 7.14. The van der Waals surface area contributed by atoms with E-state index in [1.807, 2.05) is 24.3 Å². The molecule has 0 aliphatic heterocycles. The molecule has 0 unspecified atom stereocenters. The monoisotopic (exact) mass is 255 g/mol. The van der Waals surface area contributed by atoms with E-state index < -0.39 is 0 Å². The Morgan fingerprint density at radius 3 is 2.44 bits per heavy atom. The molecule has 0 aliphatic carbocycles. The van der Waals surface area contributed by atoms with Gasteiger partial charge >= 0.3 is 0 Å². The summed E-state index contributed by atoms with van der Waals surface area (Å²) >= 11 is 1.75. The zero-order valence-corrected chi connectivity index (χ0v) is 11.3. The van der Waals surface area contributed by atoms with Crippen LogP contribution in [0.5, 0.6) is 0 Å². The normalized spacial score (nSPS) is 10.1. The summed E-state index contributed by atoms with van der Waals surface area (Å²) in [5, 5.41) is 3.44. The van der Waals surface area contributed by atoms with Gasteiger partial charge in [-0.25, -0.2) is 0 Å². The molecule has 0 fully saturated rings. The quantitative estimate of drug-likeness (QED) is 0.788. The van der Waals surface area contributed by atoms with Gasteiger partial charge in [0.25, 0.3) is 0 Å². The van der Waals surface area contributed by atoms with Crippen molar-refractivity contribution in [2.24, 2.45) is 0 Å². The summed E-state index contributed by atoms with van der Waals surface area (Å²) in [5.74, 6) is 0. The number of para-hydroxylation sites is 1. The number of thioether (sulfide) groups is 1. The van der Waals surface area contributed by atoms with Crippen LogP contribution in [0, 0.1) is 0 Å². The first kappa shape index (κ1) is 12.8. The van der Waals surface area contributed by atoms with Gasteiger partial charge in [0.2, 0.25) is 0 Å². The topological polar surface area (TPSA) is 12.0 Å². The fourth-order valence-electron chi connectivity index (χ4n) is 1.77. The van der Waals surface area contributed by atoms with Crippen molar-refractivity contribution in [3.63, 3.8) is 0 Å². The Kier molecular flexibility index (Phi) is 4.48. The van der Waals surface area contributed by atoms with Crippen LogP contribution in [0.1, 0.15) is 5.56 Å². The molecule has 2 rings (SSSR count). The molecule has 2 aromatic rings. The Morgan fingerprint density at radius 2 is 1.72 bits per heavy atom. The fraction of sp³-hybridized carbons (Fsp3) is 0.125. The maximum absolute atomic E-state index is 4.13. The number of hydrogen-bond donors (Lipinski definition) is 1. The van der Waals surface area contributed by atoms with Gasteiger partial charge in [-0.1, -0.05) is 49.0 Å². The molecule has 0 atom stereocenters. The summed E-state index contributed by atoms with van der Waals surface area (Å²) in [6.07, 6.45) is 2.09. The SMILES string of the molecule is C=C(CNc1ccccc1SC)c1ccccc1. The Labute approximate surface area is 113 Å². The van der Waals surface area contributed by atoms with Crippen LogP contribution in [0.15, 0.2) is 66.1 Å². The van der Waals surface area contributed by atoms with Gasteiger partial charge < -0.3 is 5.32 Å². The Bertz CT molecular complexity index is 520. The van der Waals surface area contributed by atoms with E-state index in [0.717, 1.165) is 12.1 Å². The molecule has 0 aromatic heterocycles. The van der Waals surface area contributed by atoms with Crippen molar-refractivity contribution >= 4 is 23.0 Å². The average Bonchev–Trinajstić information content (AvgIpc) is 2.46. The van der Waals surface area contributed by atoms with Crippen molar-refractivity contribution in [2.45, 2.75) is 4.90 Å². The molecule has 2 aromatic carbocycles. The van der Waals surface area contributed by atoms with Gasteiger partial charge in [-0.3, -0.25) is 0 Å². The maximum atomic E-state index is 4.13. The lowest BCUT2D eigenvalue weighted by Gasteiger charge is -2.12. The van der Waals surface area contributed by atoms with E-state index in [0.29, 0.717) is 0 Å². The zero-order chi connectivity index (χ0) is 12.8. The summed E-state index contributed by atoms with van der Waals surface area (Å²) in [7, 11) is 0. The first-order valence-electron chi connectivity index (χ1n) is 5.91. The number of nitrogens with one attached hydrogen (secondary N) is 1. The van der Waals surface area contributed by atoms with E-state index in [1.54, 1.807) is 11.8 Å². The van der Waals surface area contributed by atoms with Crippen molar-refractivity contribution in [1.82, 2.24) is 0 Å². The highest BCUT2D eigenvalue weighted by Gasteiger charge is 2.01. The van der Waals surface area contributed by atoms with Crippen LogP contribution in [-0.4, -0.2) is 12.8 Å². The molecule has 0 saturated carbocycles. The standard InChI is InChI=1S/C16H17NS/c1-13(14-8-4-3-5-9-14)12-17-15-10-6-7-11-16(15)18-2/h3-11,17H,1,12H2,2H3. The van der Waals surface area contributed by atoms with E-state index >= 15 is 0 Å². The van der Waals surface area contributed by atoms with Gasteiger partial charge in [0.05, 0.1) is 0 Å². The molecular weight excluding hydrogens is 238 g/mol. The van der Waals surface area contributed by atoms with Crippen LogP contribution in [0.25, 0.3) is 5.57 Å². The molecule has 1 N–H and O–H groups in total. The molecule has 1 nitrogen and oxygen atoms in total. The molecule has 92 valence electrons. The highest BCUT2D eigenvalue weighted by molar-refractivity contribution is 7.98. The van der Waals surface area contributed by atoms with Crippen molar-refractivity contribution in [2.75, 3.05) is 18.1 Å². The van der Waals surface area contributed by atoms with Crippen LogP contribution in [0.2, 0.25) is 0 Å². The van der Waals surface area contributed by atoms with Crippen LogP contribution in [0.3, 0.4) is 0 Å². The predicted molar refractivity (Wildman–Crippen MR) is 82.2 cm³/mol. The molecule has 18 heavy (non-hydrogen) atoms. The summed E-state index contributed by atoms with van der Waals surface area (Å²) in [6, 6.07) is 18.6. The Balaban J connectivity index is 2.02. The minimum atomic E-state index is 0.765. The molecule has 0 radical (unpaired) electrons. The van der Waals surface area contributed by atoms with Crippen molar-refractivity contribution < 1.29 is 0 Å². The molecule has 2 heteroatoms. The van der Waals surface area contributed by atoms with Gasteiger partial charge in [-0.05, 0) is 29.5 Å². The summed E-state index contributed by atoms with van der Waals surface area (Å²) in [5.41, 5.74) is 3.46. The molecule has 0 aliphatic rings. The van der Waals surface area contributed by atoms with E-state index in [4.69, 9.17) is 0 Å². The van der Waals surface area contributed by atoms with Gasteiger partial charge in [0.15, 0.2) is 0 Å². The smallest absolute Gasteiger partial charge is 0.0480 e. The maximum Gasteiger partial charge on any atom is 0.0480 e. The number of benzene rings is 2. The number of hydrogen-bond acceptors (Lipinski definition) is 2. The van der Waals surface area contributed by atoms with Crippen LogP contribution in [0.4, 0.5) is 5.69 Å². The fourth-order valence-corrected chi connectivity index (χ4v) is 2.34. The third kappa shape index (κ3) is 3.17. The third-order valence-electron chi connectivity index (χ3n) is 2.78. The van der Waals surface area contributed by atoms with Crippen molar-refractivity contribution in [3.8, 4) is 0 Å². The second-order valence-electron chi connectivity index (χ2n) is 4.02. The predicted octanol–water partition coefficient (Wildman–Crippen LogP) is 4.53. The minimum Gasteiger partial charge on any atom is -0.380 e. The number of anilines is 1. The molecule has 0 heterocycles. The van der Waals surface area contributed by atoms with E-state index in [2.05, 4.69) is 48.5 Å². The first-order chi connectivity index (χ1) is 8.81. The summed E-state index contributed by atoms with van der Waals surface area (Å²) in [6.45, 7) is 4.89. The Hall–Kier alpha value is -1.67. The lowest BCUT2D eigenvalue weighted by Crippen LogP contribution is -2.04. The van der Waals surface area contributed by atoms with Gasteiger partial charge in [0.1, 0.15) is 0 Å². The van der Waals surface area contributed by atoms with Gasteiger partial charge in [-0.15, -0.1) is 11.8 Å². The highest BCUT2D eigenvalue weighted by atomic mass is 32.2. The van der Waals surface area contributed by atoms with Crippen molar-refractivity contribution in [1.29, 1.82) is 0 Å². The molecular formula is C16H17NS. The summed E-state index contributed by atoms with van der Waals surface area (Å²) in [4.78, 5) is 1.26. The highest BCUT2D eigenvalue weighted by Crippen LogP contribution is 2.25. The van der Waals surface area contributed by atoms with E-state index in [9.17, 15) is 0 Å². The minimum absolute atomic E-state index is 0.765. The molecule has 0 saturated heterocycles. The Morgan fingerprint density at radius 1 is 1.06 bits per heavy atom. The van der Waals surface area contributed by atoms with Gasteiger partial charge in [-0.2, -0.15) is 0 Å². The average molecular weight is 255 g/mol. The second-order valence-corrected chi connectivity index (χ2v) is 4.87. The molecule has 0 amide bonds. The zero-order valence-electron chi connectivity index (χ0n) is 10.5. The number of rotatable bonds is 5. The summed E-state index contributed by atoms with van der Waals surface area (Å²) < 4.78 is 0. The van der Waals surface area contributed by atoms with Crippen LogP contribution >= 0.6 is 11.8 Å². The lowest BCUT2D eigenvalue weighted by atomic mass is 10.1. The third-order valence-corrected chi connectivity index (χ3v) is 3.58. The lowest BCUT2D eigenvalue weighted by molar-refractivity contribution is 1.29. The van der Waals surface area contributed by atoms with Crippen LogP contribution in [-0.2, 0) is 0 Å². The second kappa shape index (κ2) is 6.31.